The number of carbonyl (C=O) groups excluding carboxylic acids is 1. The van der Waals surface area contributed by atoms with Crippen molar-refractivity contribution in [1.82, 2.24) is 4.98 Å². The summed E-state index contributed by atoms with van der Waals surface area (Å²) in [5, 5.41) is 12.7. The number of hydrogen-bond donors (Lipinski definition) is 2. The third-order valence-corrected chi connectivity index (χ3v) is 3.07. The number of anilines is 1. The predicted molar refractivity (Wildman–Crippen MR) is 77.4 cm³/mol. The molecule has 0 bridgehead atoms. The van der Waals surface area contributed by atoms with E-state index in [1.54, 1.807) is 36.4 Å². The van der Waals surface area contributed by atoms with Crippen LogP contribution in [0.5, 0.6) is 0 Å². The summed E-state index contributed by atoms with van der Waals surface area (Å²) in [6, 6.07) is 16.3. The van der Waals surface area contributed by atoms with Gasteiger partial charge in [-0.15, -0.1) is 0 Å². The Balaban J connectivity index is 1.86. The van der Waals surface area contributed by atoms with Gasteiger partial charge in [-0.05, 0) is 41.8 Å². The van der Waals surface area contributed by atoms with Crippen LogP contribution < -0.4 is 5.32 Å². The predicted octanol–water partition coefficient (Wildman–Crippen LogP) is 3.29. The van der Waals surface area contributed by atoms with Gasteiger partial charge < -0.3 is 10.3 Å². The Labute approximate surface area is 115 Å². The molecule has 1 heterocycles. The number of nitrogens with one attached hydrogen (secondary N) is 2. The van der Waals surface area contributed by atoms with Crippen LogP contribution in [0.3, 0.4) is 0 Å². The number of nitriles is 1. The first-order chi connectivity index (χ1) is 9.76. The fourth-order valence-corrected chi connectivity index (χ4v) is 2.06. The molecule has 3 aromatic rings. The second kappa shape index (κ2) is 4.90. The van der Waals surface area contributed by atoms with Gasteiger partial charge in [0.2, 0.25) is 0 Å². The molecule has 20 heavy (non-hydrogen) atoms. The molecule has 0 radical (unpaired) electrons. The molecule has 0 saturated carbocycles. The van der Waals surface area contributed by atoms with Crippen molar-refractivity contribution in [2.75, 3.05) is 5.32 Å². The lowest BCUT2D eigenvalue weighted by Crippen LogP contribution is -2.11. The van der Waals surface area contributed by atoms with Crippen molar-refractivity contribution in [3.8, 4) is 6.07 Å². The van der Waals surface area contributed by atoms with Gasteiger partial charge in [0.05, 0.1) is 11.6 Å². The molecule has 3 rings (SSSR count). The van der Waals surface area contributed by atoms with E-state index >= 15 is 0 Å². The number of H-pyrrole nitrogens is 1. The fourth-order valence-electron chi connectivity index (χ4n) is 2.06. The van der Waals surface area contributed by atoms with E-state index in [4.69, 9.17) is 5.26 Å². The van der Waals surface area contributed by atoms with Gasteiger partial charge in [-0.25, -0.2) is 0 Å². The van der Waals surface area contributed by atoms with E-state index in [0.29, 0.717) is 16.8 Å². The average molecular weight is 261 g/mol. The van der Waals surface area contributed by atoms with Gasteiger partial charge in [0, 0.05) is 23.0 Å². The van der Waals surface area contributed by atoms with Crippen molar-refractivity contribution in [3.05, 3.63) is 65.9 Å². The highest BCUT2D eigenvalue weighted by atomic mass is 16.1. The number of aromatic amines is 1. The van der Waals surface area contributed by atoms with Crippen molar-refractivity contribution >= 4 is 22.5 Å². The van der Waals surface area contributed by atoms with Crippen LogP contribution in [0.25, 0.3) is 10.9 Å². The maximum atomic E-state index is 12.2. The summed E-state index contributed by atoms with van der Waals surface area (Å²) in [5.41, 5.74) is 2.62. The monoisotopic (exact) mass is 261 g/mol. The highest BCUT2D eigenvalue weighted by molar-refractivity contribution is 6.06. The number of benzene rings is 2. The van der Waals surface area contributed by atoms with Crippen molar-refractivity contribution < 1.29 is 4.79 Å². The second-order valence-electron chi connectivity index (χ2n) is 4.43. The van der Waals surface area contributed by atoms with Crippen LogP contribution in [0.2, 0.25) is 0 Å². The molecule has 4 heteroatoms. The minimum Gasteiger partial charge on any atom is -0.361 e. The summed E-state index contributed by atoms with van der Waals surface area (Å²) in [7, 11) is 0. The number of nitrogens with zero attached hydrogens (tertiary/aromatic N) is 1. The molecule has 0 spiro atoms. The first kappa shape index (κ1) is 12.0. The Morgan fingerprint density at radius 1 is 1.15 bits per heavy atom. The Kier molecular flexibility index (Phi) is 2.94. The smallest absolute Gasteiger partial charge is 0.255 e. The Hall–Kier alpha value is -3.06. The molecule has 0 aliphatic heterocycles. The SMILES string of the molecule is N#Cc1cccc(NC(=O)c2ccc3cc[nH]c3c2)c1. The van der Waals surface area contributed by atoms with E-state index in [9.17, 15) is 4.79 Å². The molecular weight excluding hydrogens is 250 g/mol. The third kappa shape index (κ3) is 2.25. The van der Waals surface area contributed by atoms with E-state index in [2.05, 4.69) is 10.3 Å². The Bertz CT molecular complexity index is 827. The normalized spacial score (nSPS) is 10.2. The van der Waals surface area contributed by atoms with Crippen LogP contribution in [-0.4, -0.2) is 10.9 Å². The number of hydrogen-bond acceptors (Lipinski definition) is 2. The van der Waals surface area contributed by atoms with Gasteiger partial charge in [-0.2, -0.15) is 5.26 Å². The van der Waals surface area contributed by atoms with Crippen molar-refractivity contribution in [1.29, 1.82) is 5.26 Å². The highest BCUT2D eigenvalue weighted by Crippen LogP contribution is 2.16. The molecule has 0 aliphatic rings. The van der Waals surface area contributed by atoms with Gasteiger partial charge in [0.25, 0.3) is 5.91 Å². The Morgan fingerprint density at radius 2 is 2.05 bits per heavy atom. The zero-order chi connectivity index (χ0) is 13.9. The molecule has 0 unspecified atom stereocenters. The number of amides is 1. The zero-order valence-electron chi connectivity index (χ0n) is 10.6. The van der Waals surface area contributed by atoms with Crippen molar-refractivity contribution in [2.45, 2.75) is 0 Å². The molecule has 0 atom stereocenters. The van der Waals surface area contributed by atoms with E-state index in [1.165, 1.54) is 0 Å². The molecule has 2 aromatic carbocycles. The summed E-state index contributed by atoms with van der Waals surface area (Å²) in [4.78, 5) is 15.2. The van der Waals surface area contributed by atoms with Gasteiger partial charge in [-0.1, -0.05) is 12.1 Å². The lowest BCUT2D eigenvalue weighted by Gasteiger charge is -2.05. The van der Waals surface area contributed by atoms with Crippen molar-refractivity contribution in [3.63, 3.8) is 0 Å². The van der Waals surface area contributed by atoms with E-state index in [-0.39, 0.29) is 5.91 Å². The third-order valence-electron chi connectivity index (χ3n) is 3.07. The maximum Gasteiger partial charge on any atom is 0.255 e. The van der Waals surface area contributed by atoms with Crippen LogP contribution in [0.15, 0.2) is 54.7 Å². The summed E-state index contributed by atoms with van der Waals surface area (Å²) in [6.45, 7) is 0. The van der Waals surface area contributed by atoms with Gasteiger partial charge in [0.15, 0.2) is 0 Å². The molecule has 1 amide bonds. The van der Waals surface area contributed by atoms with E-state index in [0.717, 1.165) is 10.9 Å². The average Bonchev–Trinajstić information content (AvgIpc) is 2.94. The number of fused-ring (bicyclic) bond motifs is 1. The topological polar surface area (TPSA) is 68.7 Å². The summed E-state index contributed by atoms with van der Waals surface area (Å²) >= 11 is 0. The molecule has 0 fully saturated rings. The first-order valence-electron chi connectivity index (χ1n) is 6.15. The lowest BCUT2D eigenvalue weighted by molar-refractivity contribution is 0.102. The lowest BCUT2D eigenvalue weighted by atomic mass is 10.1. The fraction of sp³-hybridized carbons (Fsp3) is 0. The molecule has 1 aromatic heterocycles. The Morgan fingerprint density at radius 3 is 2.90 bits per heavy atom. The van der Waals surface area contributed by atoms with Crippen molar-refractivity contribution in [2.24, 2.45) is 0 Å². The first-order valence-corrected chi connectivity index (χ1v) is 6.15. The largest absolute Gasteiger partial charge is 0.361 e. The maximum absolute atomic E-state index is 12.2. The molecule has 0 saturated heterocycles. The van der Waals surface area contributed by atoms with E-state index in [1.807, 2.05) is 24.4 Å². The highest BCUT2D eigenvalue weighted by Gasteiger charge is 2.07. The minimum absolute atomic E-state index is 0.198. The van der Waals surface area contributed by atoms with Gasteiger partial charge in [-0.3, -0.25) is 4.79 Å². The number of carbonyl (C=O) groups is 1. The summed E-state index contributed by atoms with van der Waals surface area (Å²) in [5.74, 6) is -0.198. The van der Waals surface area contributed by atoms with Crippen LogP contribution in [0.4, 0.5) is 5.69 Å². The van der Waals surface area contributed by atoms with Crippen LogP contribution >= 0.6 is 0 Å². The van der Waals surface area contributed by atoms with Crippen LogP contribution in [0.1, 0.15) is 15.9 Å². The molecule has 4 nitrogen and oxygen atoms in total. The summed E-state index contributed by atoms with van der Waals surface area (Å²) in [6.07, 6.45) is 1.84. The number of aromatic nitrogens is 1. The molecular formula is C16H11N3O. The van der Waals surface area contributed by atoms with Gasteiger partial charge >= 0.3 is 0 Å². The second-order valence-corrected chi connectivity index (χ2v) is 4.43. The molecule has 0 aliphatic carbocycles. The number of rotatable bonds is 2. The standard InChI is InChI=1S/C16H11N3O/c17-10-11-2-1-3-14(8-11)19-16(20)13-5-4-12-6-7-18-15(12)9-13/h1-9,18H,(H,19,20). The van der Waals surface area contributed by atoms with Crippen LogP contribution in [0, 0.1) is 11.3 Å². The minimum atomic E-state index is -0.198. The van der Waals surface area contributed by atoms with Crippen LogP contribution in [-0.2, 0) is 0 Å². The zero-order valence-corrected chi connectivity index (χ0v) is 10.6. The molecule has 2 N–H and O–H groups in total. The quantitative estimate of drug-likeness (QED) is 0.743. The molecule has 96 valence electrons. The van der Waals surface area contributed by atoms with Gasteiger partial charge in [0.1, 0.15) is 0 Å². The summed E-state index contributed by atoms with van der Waals surface area (Å²) < 4.78 is 0. The van der Waals surface area contributed by atoms with E-state index < -0.39 is 0 Å².